The highest BCUT2D eigenvalue weighted by Crippen LogP contribution is 2.26. The second-order valence-corrected chi connectivity index (χ2v) is 20.5. The van der Waals surface area contributed by atoms with Crippen molar-refractivity contribution in [3.05, 3.63) is 56.8 Å². The Hall–Kier alpha value is -6.21. The minimum Gasteiger partial charge on any atom is -0.391 e. The molecule has 0 spiro atoms. The number of nitrogens with two attached hydrogens (primary N) is 4. The number of nitrogens with one attached hydrogen (secondary N) is 7. The number of carbonyl (C=O) groups is 7. The van der Waals surface area contributed by atoms with E-state index in [1.165, 1.54) is 56.0 Å². The first-order valence-electron chi connectivity index (χ1n) is 21.7. The Morgan fingerprint density at radius 2 is 1.56 bits per heavy atom. The summed E-state index contributed by atoms with van der Waals surface area (Å²) in [4.78, 5) is 114. The first-order chi connectivity index (χ1) is 33.1. The summed E-state index contributed by atoms with van der Waals surface area (Å²) in [6, 6.07) is -5.50. The Labute approximate surface area is 413 Å². The lowest BCUT2D eigenvalue weighted by molar-refractivity contribution is -0.135. The van der Waals surface area contributed by atoms with E-state index in [1.54, 1.807) is 10.8 Å². The van der Waals surface area contributed by atoms with Gasteiger partial charge in [0.1, 0.15) is 57.7 Å². The molecule has 4 heterocycles. The maximum Gasteiger partial charge on any atom is 0.271 e. The molecule has 4 aromatic heterocycles. The maximum atomic E-state index is 13.8. The molecule has 382 valence electrons. The number of aliphatic hydroxyl groups is 3. The minimum absolute atomic E-state index is 0.00298. The van der Waals surface area contributed by atoms with Crippen LogP contribution in [0.3, 0.4) is 0 Å². The zero-order chi connectivity index (χ0) is 51.8. The van der Waals surface area contributed by atoms with Gasteiger partial charge in [0.15, 0.2) is 0 Å². The van der Waals surface area contributed by atoms with Crippen LogP contribution in [-0.4, -0.2) is 161 Å². The van der Waals surface area contributed by atoms with Crippen molar-refractivity contribution in [3.63, 3.8) is 0 Å². The molecule has 4 rings (SSSR count). The molecule has 4 aromatic rings. The van der Waals surface area contributed by atoms with E-state index in [0.717, 1.165) is 12.2 Å². The van der Waals surface area contributed by atoms with Crippen LogP contribution in [-0.2, 0) is 41.3 Å². The van der Waals surface area contributed by atoms with Gasteiger partial charge in [-0.15, -0.1) is 22.7 Å². The quantitative estimate of drug-likeness (QED) is 0.0191. The highest BCUT2D eigenvalue weighted by atomic mass is 32.2. The zero-order valence-corrected chi connectivity index (χ0v) is 41.5. The average Bonchev–Trinajstić information content (AvgIpc) is 4.13. The maximum absolute atomic E-state index is 13.8. The molecule has 7 amide bonds. The molecule has 0 fully saturated rings. The van der Waals surface area contributed by atoms with Crippen LogP contribution in [0.5, 0.6) is 0 Å². The number of amides is 7. The van der Waals surface area contributed by atoms with E-state index in [0.29, 0.717) is 45.3 Å². The predicted molar refractivity (Wildman–Crippen MR) is 260 cm³/mol. The second kappa shape index (κ2) is 26.7. The number of carbonyl (C=O) groups excluding carboxylic acids is 7. The van der Waals surface area contributed by atoms with Crippen LogP contribution in [0.1, 0.15) is 81.9 Å². The summed E-state index contributed by atoms with van der Waals surface area (Å²) < 4.78 is 0. The fourth-order valence-electron chi connectivity index (χ4n) is 6.29. The fourth-order valence-corrected chi connectivity index (χ4v) is 8.63. The van der Waals surface area contributed by atoms with Gasteiger partial charge >= 0.3 is 0 Å². The standard InChI is InChI=1S/C41H60N16O10S3/c1-18(36(63)55-30(20(3)58)38(65)48-9-7-28-52-25(16-68-28)41-53-24(15-69-41)37(64)47-8-6-10-70(4)5)26(59)14-50-39(66)31(32(61)23-13-46-17-51-23)56-40(67)29-19(2)33(44)57-35(54-29)22(11-27(43)60)49-12-21(42)34(45)62/h13,15-18,20-22,26,30-32,49,58-59,61H,6-12,14,42H2,1-5H3,(H11-,43,44,45,46,47,48,50,51,54,55,56,57,60,62,63,64,65,66,67)/p+1/t18-,20+,21-,22-,26+,30-,31-,32-/m0/s1. The molecule has 0 saturated heterocycles. The molecule has 0 unspecified atom stereocenters. The van der Waals surface area contributed by atoms with E-state index in [4.69, 9.17) is 22.9 Å². The smallest absolute Gasteiger partial charge is 0.271 e. The van der Waals surface area contributed by atoms with Gasteiger partial charge in [-0.3, -0.25) is 33.6 Å². The summed E-state index contributed by atoms with van der Waals surface area (Å²) in [7, 11) is 0.296. The van der Waals surface area contributed by atoms with Gasteiger partial charge in [0.05, 0.1) is 65.9 Å². The van der Waals surface area contributed by atoms with Crippen LogP contribution in [0.25, 0.3) is 10.7 Å². The average molecular weight is 1030 g/mol. The van der Waals surface area contributed by atoms with Crippen molar-refractivity contribution >= 4 is 80.7 Å². The third kappa shape index (κ3) is 16.5. The van der Waals surface area contributed by atoms with Crippen LogP contribution in [0, 0.1) is 12.8 Å². The SMILES string of the molecule is Cc1c(N)nc([C@H](CC(N)=O)NC[C@H](N)C(N)=O)nc1C(=O)N[C@H](C(=O)NC[C@@H](O)[C@H](C)C(=O)N[C@H](C(=O)NCCc1nc(-c2nc(C(=O)NCCC[S+](C)C)cs2)cs1)[C@@H](C)O)[C@@H](O)c1cnc[nH]1. The van der Waals surface area contributed by atoms with Crippen molar-refractivity contribution in [3.8, 4) is 10.7 Å². The van der Waals surface area contributed by atoms with Crippen LogP contribution in [0.15, 0.2) is 23.3 Å². The van der Waals surface area contributed by atoms with Gasteiger partial charge in [0.2, 0.25) is 29.5 Å². The summed E-state index contributed by atoms with van der Waals surface area (Å²) >= 11 is 2.62. The molecule has 8 atom stereocenters. The van der Waals surface area contributed by atoms with Crippen molar-refractivity contribution in [1.29, 1.82) is 0 Å². The Balaban J connectivity index is 1.35. The number of nitrogens with zero attached hydrogens (tertiary/aromatic N) is 5. The number of rotatable bonds is 28. The number of aromatic amines is 1. The second-order valence-electron chi connectivity index (χ2n) is 16.3. The number of H-pyrrole nitrogens is 1. The third-order valence-corrected chi connectivity index (χ3v) is 13.4. The minimum atomic E-state index is -1.79. The normalized spacial score (nSPS) is 14.8. The van der Waals surface area contributed by atoms with Gasteiger partial charge in [0.25, 0.3) is 11.8 Å². The molecule has 0 aromatic carbocycles. The predicted octanol–water partition coefficient (Wildman–Crippen LogP) is -3.84. The molecular weight excluding hydrogens is 973 g/mol. The Morgan fingerprint density at radius 1 is 0.843 bits per heavy atom. The zero-order valence-electron chi connectivity index (χ0n) is 39.1. The molecule has 29 heteroatoms. The number of hydrogen-bond acceptors (Lipinski definition) is 20. The molecule has 0 aliphatic heterocycles. The molecule has 18 N–H and O–H groups in total. The Bertz CT molecular complexity index is 2440. The van der Waals surface area contributed by atoms with Crippen molar-refractivity contribution in [2.24, 2.45) is 23.1 Å². The lowest BCUT2D eigenvalue weighted by Gasteiger charge is -2.26. The number of thiazole rings is 2. The highest BCUT2D eigenvalue weighted by Gasteiger charge is 2.35. The highest BCUT2D eigenvalue weighted by molar-refractivity contribution is 7.95. The number of imidazole rings is 1. The number of hydrogen-bond donors (Lipinski definition) is 14. The third-order valence-electron chi connectivity index (χ3n) is 10.5. The van der Waals surface area contributed by atoms with Crippen LogP contribution >= 0.6 is 22.7 Å². The lowest BCUT2D eigenvalue weighted by atomic mass is 10.0. The number of aliphatic hydroxyl groups excluding tert-OH is 3. The summed E-state index contributed by atoms with van der Waals surface area (Å²) in [6.45, 7) is 3.84. The molecule has 0 saturated carbocycles. The number of aromatic nitrogens is 6. The first kappa shape index (κ1) is 56.4. The molecule has 0 bridgehead atoms. The van der Waals surface area contributed by atoms with Crippen molar-refractivity contribution in [2.45, 2.75) is 82.5 Å². The van der Waals surface area contributed by atoms with E-state index < -0.39 is 96.8 Å². The first-order valence-corrected chi connectivity index (χ1v) is 25.7. The number of nitrogen functional groups attached to an aromatic ring is 1. The van der Waals surface area contributed by atoms with Crippen molar-refractivity contribution in [1.82, 2.24) is 61.8 Å². The van der Waals surface area contributed by atoms with Gasteiger partial charge in [-0.25, -0.2) is 24.9 Å². The summed E-state index contributed by atoms with van der Waals surface area (Å²) in [5.41, 5.74) is 23.0. The van der Waals surface area contributed by atoms with Gasteiger partial charge < -0.3 is 75.1 Å². The van der Waals surface area contributed by atoms with E-state index >= 15 is 0 Å². The van der Waals surface area contributed by atoms with Crippen molar-refractivity contribution < 1.29 is 48.9 Å². The van der Waals surface area contributed by atoms with Gasteiger partial charge in [-0.05, 0) is 24.7 Å². The van der Waals surface area contributed by atoms with E-state index in [9.17, 15) is 48.9 Å². The van der Waals surface area contributed by atoms with Crippen LogP contribution < -0.4 is 54.8 Å². The van der Waals surface area contributed by atoms with Gasteiger partial charge in [0, 0.05) is 61.8 Å². The van der Waals surface area contributed by atoms with E-state index in [-0.39, 0.29) is 47.6 Å². The molecular formula is C41H61N16O10S3+. The topological polar surface area (TPSA) is 437 Å². The largest absolute Gasteiger partial charge is 0.391 e. The van der Waals surface area contributed by atoms with E-state index in [1.807, 2.05) is 0 Å². The van der Waals surface area contributed by atoms with E-state index in [2.05, 4.69) is 74.3 Å². The monoisotopic (exact) mass is 1030 g/mol. The summed E-state index contributed by atoms with van der Waals surface area (Å²) in [6.07, 6.45) is 2.75. The van der Waals surface area contributed by atoms with Crippen LogP contribution in [0.4, 0.5) is 5.82 Å². The van der Waals surface area contributed by atoms with Crippen LogP contribution in [0.2, 0.25) is 0 Å². The Kier molecular flexibility index (Phi) is 21.5. The molecule has 26 nitrogen and oxygen atoms in total. The molecule has 0 aliphatic carbocycles. The van der Waals surface area contributed by atoms with Crippen molar-refractivity contribution in [2.75, 3.05) is 50.2 Å². The summed E-state index contributed by atoms with van der Waals surface area (Å²) in [5, 5.41) is 53.0. The lowest BCUT2D eigenvalue weighted by Crippen LogP contribution is -2.56. The summed E-state index contributed by atoms with van der Waals surface area (Å²) in [5.74, 6) is -6.20. The molecule has 70 heavy (non-hydrogen) atoms. The number of primary amides is 2. The molecule has 0 radical (unpaired) electrons. The fraction of sp³-hybridized carbons (Fsp3) is 0.512. The Morgan fingerprint density at radius 3 is 2.20 bits per heavy atom. The number of anilines is 1. The molecule has 0 aliphatic rings. The van der Waals surface area contributed by atoms with Gasteiger partial charge in [-0.2, -0.15) is 0 Å². The van der Waals surface area contributed by atoms with Gasteiger partial charge in [-0.1, -0.05) is 6.92 Å².